The van der Waals surface area contributed by atoms with Crippen molar-refractivity contribution in [3.05, 3.63) is 76.2 Å². The summed E-state index contributed by atoms with van der Waals surface area (Å²) in [5, 5.41) is 3.93. The molecule has 0 radical (unpaired) electrons. The van der Waals surface area contributed by atoms with Crippen LogP contribution in [0.4, 0.5) is 4.39 Å². The van der Waals surface area contributed by atoms with Crippen molar-refractivity contribution in [1.82, 2.24) is 4.98 Å². The minimum Gasteiger partial charge on any atom is -0.421 e. The third-order valence-electron chi connectivity index (χ3n) is 3.52. The number of fused-ring (bicyclic) bond motifs is 1. The summed E-state index contributed by atoms with van der Waals surface area (Å²) in [6, 6.07) is 15.2. The first-order valence-electron chi connectivity index (χ1n) is 6.95. The number of nitrogens with zero attached hydrogens (tertiary/aromatic N) is 1. The van der Waals surface area contributed by atoms with E-state index in [2.05, 4.69) is 4.98 Å². The van der Waals surface area contributed by atoms with Crippen LogP contribution in [0.1, 0.15) is 0 Å². The Morgan fingerprint density at radius 2 is 1.83 bits per heavy atom. The normalized spacial score (nSPS) is 11.0. The van der Waals surface area contributed by atoms with Crippen molar-refractivity contribution < 1.29 is 8.81 Å². The third kappa shape index (κ3) is 2.55. The van der Waals surface area contributed by atoms with Gasteiger partial charge in [0, 0.05) is 10.9 Å². The first kappa shape index (κ1) is 13.8. The predicted molar refractivity (Wildman–Crippen MR) is 89.0 cm³/mol. The summed E-state index contributed by atoms with van der Waals surface area (Å²) in [7, 11) is 0. The average molecular weight is 323 g/mol. The predicted octanol–water partition coefficient (Wildman–Crippen LogP) is 4.72. The lowest BCUT2D eigenvalue weighted by Gasteiger charge is -1.99. The Hall–Kier alpha value is -2.79. The molecule has 0 spiro atoms. The monoisotopic (exact) mass is 323 g/mol. The maximum atomic E-state index is 13.0. The van der Waals surface area contributed by atoms with E-state index in [9.17, 15) is 9.18 Å². The van der Waals surface area contributed by atoms with Gasteiger partial charge in [0.05, 0.1) is 5.39 Å². The van der Waals surface area contributed by atoms with Crippen LogP contribution >= 0.6 is 11.3 Å². The molecule has 0 aliphatic carbocycles. The highest BCUT2D eigenvalue weighted by Crippen LogP contribution is 2.29. The summed E-state index contributed by atoms with van der Waals surface area (Å²) >= 11 is 1.42. The van der Waals surface area contributed by atoms with Crippen LogP contribution < -0.4 is 5.63 Å². The molecule has 2 aromatic heterocycles. The fourth-order valence-electron chi connectivity index (χ4n) is 2.37. The molecule has 3 nitrogen and oxygen atoms in total. The van der Waals surface area contributed by atoms with E-state index in [0.717, 1.165) is 16.0 Å². The molecule has 0 bridgehead atoms. The Morgan fingerprint density at radius 3 is 2.65 bits per heavy atom. The van der Waals surface area contributed by atoms with E-state index in [4.69, 9.17) is 4.42 Å². The molecular weight excluding hydrogens is 313 g/mol. The SMILES string of the molecule is O=c1oc(-c2csc(-c3ccc(F)cc3)n2)cc2ccccc12. The topological polar surface area (TPSA) is 43.1 Å². The van der Waals surface area contributed by atoms with Gasteiger partial charge in [-0.1, -0.05) is 18.2 Å². The van der Waals surface area contributed by atoms with Crippen LogP contribution in [0, 0.1) is 5.82 Å². The third-order valence-corrected chi connectivity index (χ3v) is 4.41. The van der Waals surface area contributed by atoms with E-state index >= 15 is 0 Å². The smallest absolute Gasteiger partial charge is 0.344 e. The van der Waals surface area contributed by atoms with Crippen LogP contribution in [0.5, 0.6) is 0 Å². The molecule has 0 unspecified atom stereocenters. The number of aromatic nitrogens is 1. The van der Waals surface area contributed by atoms with Gasteiger partial charge in [0.2, 0.25) is 0 Å². The van der Waals surface area contributed by atoms with Crippen LogP contribution in [0.15, 0.2) is 69.2 Å². The van der Waals surface area contributed by atoms with E-state index in [1.807, 2.05) is 17.5 Å². The molecule has 0 N–H and O–H groups in total. The van der Waals surface area contributed by atoms with Crippen LogP contribution in [0.2, 0.25) is 0 Å². The molecular formula is C18H10FNO2S. The molecule has 4 aromatic rings. The zero-order valence-electron chi connectivity index (χ0n) is 11.8. The van der Waals surface area contributed by atoms with Gasteiger partial charge in [0.1, 0.15) is 16.5 Å². The van der Waals surface area contributed by atoms with Crippen LogP contribution in [-0.4, -0.2) is 4.98 Å². The summed E-state index contributed by atoms with van der Waals surface area (Å²) in [5.74, 6) is 0.143. The minimum atomic E-state index is -0.380. The number of halogens is 1. The second-order valence-corrected chi connectivity index (χ2v) is 5.89. The van der Waals surface area contributed by atoms with E-state index in [-0.39, 0.29) is 11.4 Å². The summed E-state index contributed by atoms with van der Waals surface area (Å²) in [5.41, 5.74) is 1.04. The van der Waals surface area contributed by atoms with Crippen molar-refractivity contribution in [3.63, 3.8) is 0 Å². The van der Waals surface area contributed by atoms with Crippen molar-refractivity contribution in [1.29, 1.82) is 0 Å². The molecule has 0 fully saturated rings. The fourth-order valence-corrected chi connectivity index (χ4v) is 3.19. The number of benzene rings is 2. The molecule has 112 valence electrons. The number of hydrogen-bond donors (Lipinski definition) is 0. The van der Waals surface area contributed by atoms with E-state index in [0.29, 0.717) is 16.8 Å². The van der Waals surface area contributed by atoms with Crippen molar-refractivity contribution in [3.8, 4) is 22.0 Å². The largest absolute Gasteiger partial charge is 0.421 e. The van der Waals surface area contributed by atoms with Crippen LogP contribution in [-0.2, 0) is 0 Å². The summed E-state index contributed by atoms with van der Waals surface area (Å²) < 4.78 is 18.4. The Bertz CT molecular complexity index is 1050. The molecule has 0 aliphatic rings. The van der Waals surface area contributed by atoms with Gasteiger partial charge < -0.3 is 4.42 Å². The van der Waals surface area contributed by atoms with Crippen LogP contribution in [0.3, 0.4) is 0 Å². The molecule has 0 atom stereocenters. The minimum absolute atomic E-state index is 0.286. The highest BCUT2D eigenvalue weighted by atomic mass is 32.1. The number of rotatable bonds is 2. The molecule has 23 heavy (non-hydrogen) atoms. The Kier molecular flexibility index (Phi) is 3.28. The summed E-state index contributed by atoms with van der Waals surface area (Å²) in [6.45, 7) is 0. The summed E-state index contributed by atoms with van der Waals surface area (Å²) in [4.78, 5) is 16.5. The Labute approximate surface area is 134 Å². The van der Waals surface area contributed by atoms with E-state index in [1.165, 1.54) is 23.5 Å². The van der Waals surface area contributed by atoms with Gasteiger partial charge in [0.25, 0.3) is 0 Å². The lowest BCUT2D eigenvalue weighted by atomic mass is 10.1. The van der Waals surface area contributed by atoms with Gasteiger partial charge in [-0.3, -0.25) is 0 Å². The van der Waals surface area contributed by atoms with Gasteiger partial charge in [-0.05, 0) is 41.8 Å². The maximum absolute atomic E-state index is 13.0. The zero-order valence-corrected chi connectivity index (χ0v) is 12.6. The maximum Gasteiger partial charge on any atom is 0.344 e. The molecule has 0 saturated heterocycles. The Morgan fingerprint density at radius 1 is 1.04 bits per heavy atom. The molecule has 5 heteroatoms. The molecule has 0 saturated carbocycles. The van der Waals surface area contributed by atoms with E-state index < -0.39 is 0 Å². The van der Waals surface area contributed by atoms with Gasteiger partial charge in [0.15, 0.2) is 5.76 Å². The number of thiazole rings is 1. The van der Waals surface area contributed by atoms with Crippen molar-refractivity contribution >= 4 is 22.1 Å². The highest BCUT2D eigenvalue weighted by molar-refractivity contribution is 7.13. The average Bonchev–Trinajstić information content (AvgIpc) is 3.05. The van der Waals surface area contributed by atoms with Gasteiger partial charge in [-0.15, -0.1) is 11.3 Å². The number of hydrogen-bond acceptors (Lipinski definition) is 4. The first-order chi connectivity index (χ1) is 11.2. The molecule has 0 aliphatic heterocycles. The van der Waals surface area contributed by atoms with Crippen molar-refractivity contribution in [2.75, 3.05) is 0 Å². The molecule has 4 rings (SSSR count). The second kappa shape index (κ2) is 5.44. The van der Waals surface area contributed by atoms with Gasteiger partial charge >= 0.3 is 5.63 Å². The lowest BCUT2D eigenvalue weighted by molar-refractivity contribution is 0.533. The standard InChI is InChI=1S/C18H10FNO2S/c19-13-7-5-11(6-8-13)17-20-15(10-23-17)16-9-12-3-1-2-4-14(12)18(21)22-16/h1-10H. The Balaban J connectivity index is 1.80. The second-order valence-electron chi connectivity index (χ2n) is 5.03. The summed E-state index contributed by atoms with van der Waals surface area (Å²) in [6.07, 6.45) is 0. The fraction of sp³-hybridized carbons (Fsp3) is 0. The van der Waals surface area contributed by atoms with Crippen LogP contribution in [0.25, 0.3) is 32.8 Å². The zero-order chi connectivity index (χ0) is 15.8. The van der Waals surface area contributed by atoms with Crippen molar-refractivity contribution in [2.45, 2.75) is 0 Å². The van der Waals surface area contributed by atoms with Gasteiger partial charge in [-0.25, -0.2) is 14.2 Å². The lowest BCUT2D eigenvalue weighted by Crippen LogP contribution is -1.99. The quantitative estimate of drug-likeness (QED) is 0.536. The van der Waals surface area contributed by atoms with Crippen molar-refractivity contribution in [2.24, 2.45) is 0 Å². The molecule has 2 aromatic carbocycles. The highest BCUT2D eigenvalue weighted by Gasteiger charge is 2.11. The first-order valence-corrected chi connectivity index (χ1v) is 7.83. The molecule has 0 amide bonds. The van der Waals surface area contributed by atoms with E-state index in [1.54, 1.807) is 30.3 Å². The van der Waals surface area contributed by atoms with Gasteiger partial charge in [-0.2, -0.15) is 0 Å². The molecule has 2 heterocycles.